The molecule has 0 N–H and O–H groups in total. The van der Waals surface area contributed by atoms with E-state index in [1.54, 1.807) is 18.2 Å². The predicted molar refractivity (Wildman–Crippen MR) is 238 cm³/mol. The second-order valence-electron chi connectivity index (χ2n) is 16.1. The van der Waals surface area contributed by atoms with E-state index < -0.39 is 11.6 Å². The van der Waals surface area contributed by atoms with Gasteiger partial charge < -0.3 is 61.6 Å². The van der Waals surface area contributed by atoms with E-state index in [2.05, 4.69) is 13.2 Å². The Kier molecular flexibility index (Phi) is 19.6. The second kappa shape index (κ2) is 25.5. The van der Waals surface area contributed by atoms with Crippen molar-refractivity contribution in [3.63, 3.8) is 0 Å². The molecule has 64 heavy (non-hydrogen) atoms. The first-order valence-electron chi connectivity index (χ1n) is 22.3. The van der Waals surface area contributed by atoms with Gasteiger partial charge in [-0.25, -0.2) is 4.79 Å². The Labute approximate surface area is 377 Å². The van der Waals surface area contributed by atoms with Gasteiger partial charge in [0.1, 0.15) is 24.7 Å². The monoisotopic (exact) mass is 890 g/mol. The molecule has 3 aromatic rings. The molecular weight excluding hydrogens is 825 g/mol. The minimum Gasteiger partial charge on any atom is -0.489 e. The highest BCUT2D eigenvalue weighted by Crippen LogP contribution is 2.50. The largest absolute Gasteiger partial charge is 0.489 e. The third-order valence-corrected chi connectivity index (χ3v) is 10.7. The number of hydrogen-bond acceptors (Lipinski definition) is 14. The smallest absolute Gasteiger partial charge is 0.340 e. The van der Waals surface area contributed by atoms with Crippen molar-refractivity contribution in [2.45, 2.75) is 84.1 Å². The molecule has 14 heteroatoms. The number of carbonyl (C=O) groups excluding carboxylic acids is 1. The molecular formula is C50H66O14. The van der Waals surface area contributed by atoms with Crippen LogP contribution in [0.5, 0.6) is 11.5 Å². The van der Waals surface area contributed by atoms with Gasteiger partial charge in [0.25, 0.3) is 0 Å². The number of carbonyl (C=O) groups is 1. The molecule has 0 unspecified atom stereocenters. The molecule has 3 aromatic carbocycles. The van der Waals surface area contributed by atoms with Crippen LogP contribution in [0.25, 0.3) is 0 Å². The van der Waals surface area contributed by atoms with E-state index in [1.165, 1.54) is 0 Å². The molecule has 3 aliphatic heterocycles. The van der Waals surface area contributed by atoms with Gasteiger partial charge in [-0.3, -0.25) is 0 Å². The molecule has 0 aromatic heterocycles. The van der Waals surface area contributed by atoms with Crippen LogP contribution >= 0.6 is 0 Å². The van der Waals surface area contributed by atoms with Crippen molar-refractivity contribution in [2.75, 3.05) is 92.5 Å². The first-order chi connectivity index (χ1) is 31.2. The van der Waals surface area contributed by atoms with E-state index in [4.69, 9.17) is 61.6 Å². The third-order valence-electron chi connectivity index (χ3n) is 10.7. The second-order valence-corrected chi connectivity index (χ2v) is 16.1. The lowest BCUT2D eigenvalue weighted by atomic mass is 9.77. The van der Waals surface area contributed by atoms with Gasteiger partial charge in [-0.15, -0.1) is 0 Å². The Hall–Kier alpha value is -4.19. The molecule has 0 fully saturated rings. The topological polar surface area (TPSA) is 137 Å². The summed E-state index contributed by atoms with van der Waals surface area (Å²) < 4.78 is 80.3. The highest BCUT2D eigenvalue weighted by molar-refractivity contribution is 5.96. The Morgan fingerprint density at radius 1 is 0.547 bits per heavy atom. The highest BCUT2D eigenvalue weighted by atomic mass is 16.6. The lowest BCUT2D eigenvalue weighted by Crippen LogP contribution is -2.31. The fourth-order valence-corrected chi connectivity index (χ4v) is 7.77. The summed E-state index contributed by atoms with van der Waals surface area (Å²) in [6, 6.07) is 15.4. The summed E-state index contributed by atoms with van der Waals surface area (Å²) in [5, 5.41) is 0. The minimum absolute atomic E-state index is 0.139. The number of cyclic esters (lactones) is 1. The molecule has 0 amide bonds. The van der Waals surface area contributed by atoms with Crippen LogP contribution in [0.4, 0.5) is 0 Å². The van der Waals surface area contributed by atoms with Gasteiger partial charge in [-0.2, -0.15) is 0 Å². The summed E-state index contributed by atoms with van der Waals surface area (Å²) in [7, 11) is 0. The van der Waals surface area contributed by atoms with Crippen LogP contribution in [0.2, 0.25) is 0 Å². The number of rotatable bonds is 8. The summed E-state index contributed by atoms with van der Waals surface area (Å²) in [5.41, 5.74) is 3.86. The Morgan fingerprint density at radius 2 is 0.906 bits per heavy atom. The van der Waals surface area contributed by atoms with Gasteiger partial charge in [-0.1, -0.05) is 43.5 Å². The molecule has 3 heterocycles. The lowest BCUT2D eigenvalue weighted by molar-refractivity contribution is -0.0652. The molecule has 14 nitrogen and oxygen atoms in total. The zero-order chi connectivity index (χ0) is 45.2. The molecule has 0 radical (unpaired) electrons. The molecule has 6 rings (SSSR count). The van der Waals surface area contributed by atoms with Gasteiger partial charge in [-0.05, 0) is 58.0 Å². The molecule has 3 aliphatic rings. The van der Waals surface area contributed by atoms with Crippen molar-refractivity contribution in [1.82, 2.24) is 0 Å². The predicted octanol–water partition coefficient (Wildman–Crippen LogP) is 7.03. The molecule has 4 bridgehead atoms. The van der Waals surface area contributed by atoms with Gasteiger partial charge in [0, 0.05) is 38.9 Å². The molecule has 0 saturated carbocycles. The van der Waals surface area contributed by atoms with Crippen LogP contribution in [0.1, 0.15) is 77.0 Å². The Morgan fingerprint density at radius 3 is 1.27 bits per heavy atom. The normalized spacial score (nSPS) is 23.8. The zero-order valence-electron chi connectivity index (χ0n) is 37.9. The Balaban J connectivity index is 1.49. The summed E-state index contributed by atoms with van der Waals surface area (Å²) in [6.45, 7) is 21.1. The average Bonchev–Trinajstić information content (AvgIpc) is 3.59. The average molecular weight is 891 g/mol. The van der Waals surface area contributed by atoms with E-state index >= 15 is 0 Å². The van der Waals surface area contributed by atoms with Gasteiger partial charge in [0.15, 0.2) is 5.60 Å². The van der Waals surface area contributed by atoms with Crippen LogP contribution in [0.3, 0.4) is 0 Å². The van der Waals surface area contributed by atoms with E-state index in [1.807, 2.05) is 70.2 Å². The molecule has 0 spiro atoms. The summed E-state index contributed by atoms with van der Waals surface area (Å²) in [5.74, 6) is 0.710. The fourth-order valence-electron chi connectivity index (χ4n) is 7.77. The van der Waals surface area contributed by atoms with Crippen LogP contribution < -0.4 is 9.47 Å². The first-order valence-corrected chi connectivity index (χ1v) is 22.3. The van der Waals surface area contributed by atoms with Crippen LogP contribution in [0, 0.1) is 0 Å². The van der Waals surface area contributed by atoms with Crippen molar-refractivity contribution < 1.29 is 66.4 Å². The maximum atomic E-state index is 14.2. The van der Waals surface area contributed by atoms with Gasteiger partial charge in [0.2, 0.25) is 0 Å². The van der Waals surface area contributed by atoms with E-state index in [9.17, 15) is 4.79 Å². The van der Waals surface area contributed by atoms with Crippen molar-refractivity contribution in [2.24, 2.45) is 0 Å². The quantitative estimate of drug-likeness (QED) is 0.169. The van der Waals surface area contributed by atoms with Gasteiger partial charge >= 0.3 is 5.97 Å². The number of ether oxygens (including phenoxy) is 13. The van der Waals surface area contributed by atoms with Gasteiger partial charge in [0.05, 0.1) is 136 Å². The minimum atomic E-state index is -1.46. The summed E-state index contributed by atoms with van der Waals surface area (Å²) in [6.07, 6.45) is 2.83. The zero-order valence-corrected chi connectivity index (χ0v) is 37.9. The Bertz CT molecular complexity index is 1760. The van der Waals surface area contributed by atoms with Crippen molar-refractivity contribution >= 4 is 5.97 Å². The molecule has 0 aliphatic carbocycles. The number of hydrogen-bond donors (Lipinski definition) is 0. The van der Waals surface area contributed by atoms with Crippen molar-refractivity contribution in [3.05, 3.63) is 118 Å². The maximum Gasteiger partial charge on any atom is 0.340 e. The van der Waals surface area contributed by atoms with Crippen molar-refractivity contribution in [1.29, 1.82) is 0 Å². The fraction of sp³-hybridized carbons (Fsp3) is 0.540. The standard InChI is InChI=1S/C50H66O14/c1-7-13-62-47-39-23-43(24-40(47)32-53-16-20-59-36(4)28-56-27-35(3)58-19-15-52-31-39)50(46-12-10-9-11-45(46)49(51)64-50)44-25-41-33-54-17-21-60-37(5)29-57-30-38(6)61-22-18-55-34-42(26-44)48(41)63-14-8-2/h7-12,23-26,35-38H,1-2,13-22,27-34H2,3-6H3/t35-,36-,37-,38-/m0/s1. The number of esters is 1. The third kappa shape index (κ3) is 13.4. The molecule has 350 valence electrons. The highest BCUT2D eigenvalue weighted by Gasteiger charge is 2.49. The first kappa shape index (κ1) is 49.2. The van der Waals surface area contributed by atoms with Crippen molar-refractivity contribution in [3.8, 4) is 11.5 Å². The summed E-state index contributed by atoms with van der Waals surface area (Å²) >= 11 is 0. The molecule has 0 saturated heterocycles. The van der Waals surface area contributed by atoms with Crippen LogP contribution in [-0.2, 0) is 84.1 Å². The maximum absolute atomic E-state index is 14.2. The van der Waals surface area contributed by atoms with E-state index in [0.29, 0.717) is 113 Å². The van der Waals surface area contributed by atoms with Crippen LogP contribution in [0.15, 0.2) is 73.8 Å². The summed E-state index contributed by atoms with van der Waals surface area (Å²) in [4.78, 5) is 14.2. The number of fused-ring (bicyclic) bond motifs is 5. The SMILES string of the molecule is C=CCOc1c2cc(C3(c4cc5c(OCC=C)c(c4)COCCO[C@@H](C)COC[C@H](C)OCCOC5)OC(=O)c4ccccc43)cc1COCCO[C@@H](C)COC[C@H](C)OCCOC2. The van der Waals surface area contributed by atoms with Crippen LogP contribution in [-0.4, -0.2) is 123 Å². The lowest BCUT2D eigenvalue weighted by Gasteiger charge is -2.33. The number of benzene rings is 3. The van der Waals surface area contributed by atoms with E-state index in [-0.39, 0.29) is 64.1 Å². The molecule has 4 atom stereocenters. The van der Waals surface area contributed by atoms with E-state index in [0.717, 1.165) is 22.3 Å².